The van der Waals surface area contributed by atoms with Gasteiger partial charge in [0.05, 0.1) is 13.2 Å². The van der Waals surface area contributed by atoms with Gasteiger partial charge in [0, 0.05) is 19.1 Å². The molecule has 3 rings (SSSR count). The van der Waals surface area contributed by atoms with Gasteiger partial charge in [-0.25, -0.2) is 0 Å². The molecule has 0 spiro atoms. The van der Waals surface area contributed by atoms with Crippen molar-refractivity contribution in [2.45, 2.75) is 30.7 Å². The fourth-order valence-corrected chi connectivity index (χ4v) is 2.30. The number of hydrogen-bond acceptors (Lipinski definition) is 6. The second-order valence-electron chi connectivity index (χ2n) is 4.83. The Kier molecular flexibility index (Phi) is 2.85. The quantitative estimate of drug-likeness (QED) is 0.810. The number of rotatable bonds is 2. The van der Waals surface area contributed by atoms with Crippen LogP contribution in [0.25, 0.3) is 0 Å². The van der Waals surface area contributed by atoms with Crippen molar-refractivity contribution in [3.8, 4) is 0 Å². The molecule has 2 saturated heterocycles. The van der Waals surface area contributed by atoms with Crippen molar-refractivity contribution in [2.75, 3.05) is 26.4 Å². The van der Waals surface area contributed by atoms with E-state index in [9.17, 15) is 0 Å². The molecule has 2 atom stereocenters. The molecule has 2 aliphatic rings. The van der Waals surface area contributed by atoms with E-state index in [0.29, 0.717) is 25.7 Å². The van der Waals surface area contributed by atoms with Crippen LogP contribution in [0.1, 0.15) is 36.9 Å². The Morgan fingerprint density at radius 2 is 2.24 bits per heavy atom. The zero-order valence-corrected chi connectivity index (χ0v) is 9.72. The molecular weight excluding hydrogens is 222 g/mol. The zero-order chi connectivity index (χ0) is 11.7. The number of aromatic nitrogens is 2. The highest BCUT2D eigenvalue weighted by Crippen LogP contribution is 2.29. The Hall–Kier alpha value is -0.980. The maximum absolute atomic E-state index is 6.17. The highest BCUT2D eigenvalue weighted by Gasteiger charge is 2.38. The van der Waals surface area contributed by atoms with Crippen molar-refractivity contribution in [1.29, 1.82) is 0 Å². The highest BCUT2D eigenvalue weighted by molar-refractivity contribution is 5.07. The van der Waals surface area contributed by atoms with Crippen LogP contribution in [-0.2, 0) is 15.0 Å². The van der Waals surface area contributed by atoms with Gasteiger partial charge in [-0.1, -0.05) is 5.16 Å². The molecule has 0 aliphatic carbocycles. The standard InChI is InChI=1S/C11H17N3O3/c12-11(3-5-16-7-11)10-13-9(14-17-10)8-2-1-4-15-6-8/h8H,1-7,12H2. The zero-order valence-electron chi connectivity index (χ0n) is 9.72. The molecule has 2 aliphatic heterocycles. The Bertz CT molecular complexity index is 381. The molecule has 2 fully saturated rings. The largest absolute Gasteiger partial charge is 0.381 e. The van der Waals surface area contributed by atoms with Crippen LogP contribution >= 0.6 is 0 Å². The van der Waals surface area contributed by atoms with Gasteiger partial charge < -0.3 is 19.7 Å². The molecule has 3 heterocycles. The summed E-state index contributed by atoms with van der Waals surface area (Å²) in [7, 11) is 0. The smallest absolute Gasteiger partial charge is 0.249 e. The topological polar surface area (TPSA) is 83.4 Å². The Labute approximate surface area is 99.5 Å². The summed E-state index contributed by atoms with van der Waals surface area (Å²) in [5.74, 6) is 1.46. The van der Waals surface area contributed by atoms with Crippen molar-refractivity contribution in [1.82, 2.24) is 10.1 Å². The predicted molar refractivity (Wildman–Crippen MR) is 58.4 cm³/mol. The van der Waals surface area contributed by atoms with E-state index in [1.807, 2.05) is 0 Å². The minimum atomic E-state index is -0.596. The lowest BCUT2D eigenvalue weighted by atomic mass is 9.99. The molecule has 94 valence electrons. The summed E-state index contributed by atoms with van der Waals surface area (Å²) >= 11 is 0. The molecule has 6 nitrogen and oxygen atoms in total. The number of nitrogens with zero attached hydrogens (tertiary/aromatic N) is 2. The molecule has 6 heteroatoms. The minimum Gasteiger partial charge on any atom is -0.381 e. The van der Waals surface area contributed by atoms with Crippen molar-refractivity contribution >= 4 is 0 Å². The average Bonchev–Trinajstić information content (AvgIpc) is 2.99. The summed E-state index contributed by atoms with van der Waals surface area (Å²) in [6.07, 6.45) is 2.83. The van der Waals surface area contributed by atoms with E-state index < -0.39 is 5.54 Å². The van der Waals surface area contributed by atoms with Crippen LogP contribution < -0.4 is 5.73 Å². The molecule has 17 heavy (non-hydrogen) atoms. The summed E-state index contributed by atoms with van der Waals surface area (Å²) in [6, 6.07) is 0. The van der Waals surface area contributed by atoms with Gasteiger partial charge in [-0.05, 0) is 19.3 Å². The van der Waals surface area contributed by atoms with E-state index in [-0.39, 0.29) is 5.92 Å². The number of nitrogens with two attached hydrogens (primary N) is 1. The predicted octanol–water partition coefficient (Wildman–Crippen LogP) is 0.538. The Balaban J connectivity index is 1.77. The van der Waals surface area contributed by atoms with Crippen molar-refractivity contribution in [3.63, 3.8) is 0 Å². The third-order valence-electron chi connectivity index (χ3n) is 3.45. The molecule has 0 bridgehead atoms. The van der Waals surface area contributed by atoms with E-state index in [0.717, 1.165) is 31.7 Å². The monoisotopic (exact) mass is 239 g/mol. The van der Waals surface area contributed by atoms with Crippen LogP contribution in [0.15, 0.2) is 4.52 Å². The summed E-state index contributed by atoms with van der Waals surface area (Å²) in [5.41, 5.74) is 5.57. The van der Waals surface area contributed by atoms with Crippen molar-refractivity contribution in [2.24, 2.45) is 5.73 Å². The first-order valence-electron chi connectivity index (χ1n) is 6.06. The van der Waals surface area contributed by atoms with E-state index in [1.54, 1.807) is 0 Å². The van der Waals surface area contributed by atoms with Gasteiger partial charge in [0.2, 0.25) is 5.89 Å². The molecule has 0 amide bonds. The van der Waals surface area contributed by atoms with E-state index >= 15 is 0 Å². The van der Waals surface area contributed by atoms with Gasteiger partial charge in [0.15, 0.2) is 5.82 Å². The number of ether oxygens (including phenoxy) is 2. The Morgan fingerprint density at radius 1 is 1.29 bits per heavy atom. The second-order valence-corrected chi connectivity index (χ2v) is 4.83. The van der Waals surface area contributed by atoms with Gasteiger partial charge in [-0.3, -0.25) is 0 Å². The van der Waals surface area contributed by atoms with Crippen molar-refractivity contribution < 1.29 is 14.0 Å². The average molecular weight is 239 g/mol. The first-order chi connectivity index (χ1) is 8.28. The first kappa shape index (κ1) is 11.1. The third kappa shape index (κ3) is 2.08. The third-order valence-corrected chi connectivity index (χ3v) is 3.45. The first-order valence-corrected chi connectivity index (χ1v) is 6.06. The van der Waals surface area contributed by atoms with E-state index in [4.69, 9.17) is 19.7 Å². The van der Waals surface area contributed by atoms with Gasteiger partial charge in [0.25, 0.3) is 0 Å². The molecule has 1 aromatic rings. The normalized spacial score (nSPS) is 34.1. The molecule has 2 unspecified atom stereocenters. The van der Waals surface area contributed by atoms with Gasteiger partial charge in [-0.15, -0.1) is 0 Å². The lowest BCUT2D eigenvalue weighted by Crippen LogP contribution is -2.37. The molecule has 0 radical (unpaired) electrons. The van der Waals surface area contributed by atoms with Crippen LogP contribution in [0.4, 0.5) is 0 Å². The maximum atomic E-state index is 6.17. The van der Waals surface area contributed by atoms with Crippen LogP contribution in [-0.4, -0.2) is 36.6 Å². The van der Waals surface area contributed by atoms with Crippen LogP contribution in [0.3, 0.4) is 0 Å². The van der Waals surface area contributed by atoms with Gasteiger partial charge in [-0.2, -0.15) is 4.98 Å². The summed E-state index contributed by atoms with van der Waals surface area (Å²) < 4.78 is 16.0. The maximum Gasteiger partial charge on any atom is 0.249 e. The SMILES string of the molecule is NC1(c2nc(C3CCCOC3)no2)CCOC1. The molecule has 1 aromatic heterocycles. The second kappa shape index (κ2) is 4.36. The molecular formula is C11H17N3O3. The lowest BCUT2D eigenvalue weighted by Gasteiger charge is -2.19. The Morgan fingerprint density at radius 3 is 2.94 bits per heavy atom. The number of hydrogen-bond donors (Lipinski definition) is 1. The summed E-state index contributed by atoms with van der Waals surface area (Å²) in [6.45, 7) is 2.61. The summed E-state index contributed by atoms with van der Waals surface area (Å²) in [5, 5.41) is 4.03. The summed E-state index contributed by atoms with van der Waals surface area (Å²) in [4.78, 5) is 4.42. The van der Waals surface area contributed by atoms with Crippen LogP contribution in [0.2, 0.25) is 0 Å². The minimum absolute atomic E-state index is 0.243. The van der Waals surface area contributed by atoms with Crippen LogP contribution in [0.5, 0.6) is 0 Å². The molecule has 2 N–H and O–H groups in total. The molecule has 0 saturated carbocycles. The van der Waals surface area contributed by atoms with Crippen molar-refractivity contribution in [3.05, 3.63) is 11.7 Å². The van der Waals surface area contributed by atoms with Gasteiger partial charge in [0.1, 0.15) is 5.54 Å². The lowest BCUT2D eigenvalue weighted by molar-refractivity contribution is 0.0773. The van der Waals surface area contributed by atoms with Gasteiger partial charge >= 0.3 is 0 Å². The van der Waals surface area contributed by atoms with E-state index in [1.165, 1.54) is 0 Å². The van der Waals surface area contributed by atoms with Crippen LogP contribution in [0, 0.1) is 0 Å². The fraction of sp³-hybridized carbons (Fsp3) is 0.818. The fourth-order valence-electron chi connectivity index (χ4n) is 2.30. The molecule has 0 aromatic carbocycles. The van der Waals surface area contributed by atoms with E-state index in [2.05, 4.69) is 10.1 Å². The highest BCUT2D eigenvalue weighted by atomic mass is 16.5.